The summed E-state index contributed by atoms with van der Waals surface area (Å²) in [5.41, 5.74) is 3.79. The molecule has 6 nitrogen and oxygen atoms in total. The average molecular weight is 377 g/mol. The molecule has 1 aromatic carbocycles. The van der Waals surface area contributed by atoms with Crippen LogP contribution in [0.5, 0.6) is 0 Å². The number of thiophene rings is 1. The minimum atomic E-state index is -3.54. The number of amides is 1. The van der Waals surface area contributed by atoms with Gasteiger partial charge in [-0.25, -0.2) is 13.8 Å². The lowest BCUT2D eigenvalue weighted by Gasteiger charge is -2.15. The highest BCUT2D eigenvalue weighted by Gasteiger charge is 2.27. The number of nitrogens with one attached hydrogen (secondary N) is 1. The fraction of sp³-hybridized carbons (Fsp3) is 0.294. The summed E-state index contributed by atoms with van der Waals surface area (Å²) in [5.74, 6) is -0.441. The highest BCUT2D eigenvalue weighted by Crippen LogP contribution is 2.21. The van der Waals surface area contributed by atoms with Crippen LogP contribution < -0.4 is 5.43 Å². The first-order valence-corrected chi connectivity index (χ1v) is 10.3. The highest BCUT2D eigenvalue weighted by molar-refractivity contribution is 7.89. The number of carbonyl (C=O) groups is 1. The van der Waals surface area contributed by atoms with E-state index in [4.69, 9.17) is 0 Å². The van der Waals surface area contributed by atoms with Gasteiger partial charge in [0.2, 0.25) is 10.0 Å². The molecule has 1 fully saturated rings. The molecule has 0 atom stereocenters. The third kappa shape index (κ3) is 3.97. The maximum absolute atomic E-state index is 12.6. The zero-order chi connectivity index (χ0) is 17.9. The van der Waals surface area contributed by atoms with Gasteiger partial charge in [0.25, 0.3) is 5.91 Å². The normalized spacial score (nSPS) is 15.7. The molecule has 0 unspecified atom stereocenters. The van der Waals surface area contributed by atoms with Gasteiger partial charge in [-0.1, -0.05) is 6.07 Å². The van der Waals surface area contributed by atoms with Gasteiger partial charge in [-0.2, -0.15) is 9.41 Å². The minimum Gasteiger partial charge on any atom is -0.267 e. The van der Waals surface area contributed by atoms with E-state index in [2.05, 4.69) is 10.5 Å². The zero-order valence-electron chi connectivity index (χ0n) is 13.8. The van der Waals surface area contributed by atoms with Crippen LogP contribution in [0, 0.1) is 6.92 Å². The Morgan fingerprint density at radius 3 is 2.72 bits per heavy atom. The number of nitrogens with zero attached hydrogens (tertiary/aromatic N) is 2. The Morgan fingerprint density at radius 1 is 1.28 bits per heavy atom. The van der Waals surface area contributed by atoms with Gasteiger partial charge in [-0.05, 0) is 55.0 Å². The summed E-state index contributed by atoms with van der Waals surface area (Å²) in [6, 6.07) is 8.04. The number of hydrazone groups is 1. The van der Waals surface area contributed by atoms with Crippen LogP contribution in [-0.2, 0) is 10.0 Å². The van der Waals surface area contributed by atoms with E-state index in [1.54, 1.807) is 18.3 Å². The van der Waals surface area contributed by atoms with Crippen molar-refractivity contribution in [1.82, 2.24) is 9.73 Å². The highest BCUT2D eigenvalue weighted by atomic mass is 32.2. The molecule has 1 aliphatic heterocycles. The van der Waals surface area contributed by atoms with Crippen molar-refractivity contribution in [2.75, 3.05) is 13.1 Å². The Kier molecular flexibility index (Phi) is 5.31. The SMILES string of the molecule is Cc1ccsc1/C=N\NC(=O)c1cccc(S(=O)(=O)N2CCCC2)c1. The Morgan fingerprint density at radius 2 is 2.04 bits per heavy atom. The van der Waals surface area contributed by atoms with Crippen molar-refractivity contribution >= 4 is 33.5 Å². The molecule has 1 aromatic heterocycles. The predicted molar refractivity (Wildman–Crippen MR) is 98.6 cm³/mol. The molecule has 25 heavy (non-hydrogen) atoms. The molecule has 0 saturated carbocycles. The van der Waals surface area contributed by atoms with Crippen molar-refractivity contribution in [3.8, 4) is 0 Å². The van der Waals surface area contributed by atoms with E-state index in [0.717, 1.165) is 23.3 Å². The van der Waals surface area contributed by atoms with Gasteiger partial charge in [-0.3, -0.25) is 4.79 Å². The minimum absolute atomic E-state index is 0.139. The van der Waals surface area contributed by atoms with Gasteiger partial charge in [0.05, 0.1) is 11.1 Å². The summed E-state index contributed by atoms with van der Waals surface area (Å²) in [7, 11) is -3.54. The molecular formula is C17H19N3O3S2. The number of carbonyl (C=O) groups excluding carboxylic acids is 1. The molecule has 0 aliphatic carbocycles. The van der Waals surface area contributed by atoms with E-state index in [9.17, 15) is 13.2 Å². The first-order valence-electron chi connectivity index (χ1n) is 7.96. The number of sulfonamides is 1. The average Bonchev–Trinajstić information content (AvgIpc) is 3.27. The maximum Gasteiger partial charge on any atom is 0.271 e. The van der Waals surface area contributed by atoms with E-state index in [1.807, 2.05) is 18.4 Å². The summed E-state index contributed by atoms with van der Waals surface area (Å²) in [6.07, 6.45) is 3.33. The molecule has 2 aromatic rings. The van der Waals surface area contributed by atoms with Gasteiger partial charge in [0, 0.05) is 23.5 Å². The molecule has 132 valence electrons. The van der Waals surface area contributed by atoms with Crippen molar-refractivity contribution in [2.24, 2.45) is 5.10 Å². The van der Waals surface area contributed by atoms with Gasteiger partial charge in [0.1, 0.15) is 0 Å². The lowest BCUT2D eigenvalue weighted by atomic mass is 10.2. The third-order valence-corrected chi connectivity index (χ3v) is 6.90. The van der Waals surface area contributed by atoms with Crippen LogP contribution in [0.2, 0.25) is 0 Å². The van der Waals surface area contributed by atoms with Crippen LogP contribution in [0.1, 0.15) is 33.6 Å². The second-order valence-electron chi connectivity index (χ2n) is 5.81. The molecule has 2 heterocycles. The molecule has 1 N–H and O–H groups in total. The molecule has 0 spiro atoms. The second kappa shape index (κ2) is 7.47. The van der Waals surface area contributed by atoms with Crippen LogP contribution in [0.15, 0.2) is 45.7 Å². The summed E-state index contributed by atoms with van der Waals surface area (Å²) >= 11 is 1.53. The van der Waals surface area contributed by atoms with E-state index in [-0.39, 0.29) is 10.5 Å². The van der Waals surface area contributed by atoms with Crippen LogP contribution in [-0.4, -0.2) is 37.9 Å². The molecule has 0 radical (unpaired) electrons. The zero-order valence-corrected chi connectivity index (χ0v) is 15.4. The molecule has 1 aliphatic rings. The number of benzene rings is 1. The van der Waals surface area contributed by atoms with Crippen molar-refractivity contribution in [1.29, 1.82) is 0 Å². The Balaban J connectivity index is 1.73. The number of aryl methyl sites for hydroxylation is 1. The number of hydrogen-bond acceptors (Lipinski definition) is 5. The quantitative estimate of drug-likeness (QED) is 0.643. The van der Waals surface area contributed by atoms with Crippen LogP contribution in [0.4, 0.5) is 0 Å². The molecule has 8 heteroatoms. The lowest BCUT2D eigenvalue weighted by molar-refractivity contribution is 0.0955. The first kappa shape index (κ1) is 17.8. The fourth-order valence-electron chi connectivity index (χ4n) is 2.61. The summed E-state index contributed by atoms with van der Waals surface area (Å²) in [5, 5.41) is 5.90. The predicted octanol–water partition coefficient (Wildman–Crippen LogP) is 2.60. The largest absolute Gasteiger partial charge is 0.271 e. The van der Waals surface area contributed by atoms with Crippen LogP contribution >= 0.6 is 11.3 Å². The van der Waals surface area contributed by atoms with Gasteiger partial charge >= 0.3 is 0 Å². The number of hydrogen-bond donors (Lipinski definition) is 1. The molecule has 3 rings (SSSR count). The van der Waals surface area contributed by atoms with Crippen molar-refractivity contribution in [3.05, 3.63) is 51.7 Å². The Bertz CT molecular complexity index is 897. The van der Waals surface area contributed by atoms with Crippen molar-refractivity contribution in [2.45, 2.75) is 24.7 Å². The van der Waals surface area contributed by atoms with E-state index < -0.39 is 15.9 Å². The number of rotatable bonds is 5. The van der Waals surface area contributed by atoms with Crippen LogP contribution in [0.3, 0.4) is 0 Å². The summed E-state index contributed by atoms with van der Waals surface area (Å²) in [6.45, 7) is 3.03. The monoisotopic (exact) mass is 377 g/mol. The molecule has 0 bridgehead atoms. The molecule has 1 saturated heterocycles. The fourth-order valence-corrected chi connectivity index (χ4v) is 4.96. The summed E-state index contributed by atoms with van der Waals surface area (Å²) in [4.78, 5) is 13.3. The standard InChI is InChI=1S/C17H19N3O3S2/c1-13-7-10-24-16(13)12-18-19-17(21)14-5-4-6-15(11-14)25(22,23)20-8-2-3-9-20/h4-7,10-12H,2-3,8-9H2,1H3,(H,19,21)/b18-12-. The van der Waals surface area contributed by atoms with Gasteiger partial charge in [0.15, 0.2) is 0 Å². The molecule has 1 amide bonds. The van der Waals surface area contributed by atoms with E-state index in [1.165, 1.54) is 27.8 Å². The third-order valence-electron chi connectivity index (χ3n) is 4.05. The van der Waals surface area contributed by atoms with Crippen molar-refractivity contribution < 1.29 is 13.2 Å². The van der Waals surface area contributed by atoms with E-state index in [0.29, 0.717) is 13.1 Å². The van der Waals surface area contributed by atoms with E-state index >= 15 is 0 Å². The van der Waals surface area contributed by atoms with Gasteiger partial charge in [-0.15, -0.1) is 11.3 Å². The van der Waals surface area contributed by atoms with Crippen LogP contribution in [0.25, 0.3) is 0 Å². The Hall–Kier alpha value is -2.03. The van der Waals surface area contributed by atoms with Gasteiger partial charge < -0.3 is 0 Å². The smallest absolute Gasteiger partial charge is 0.267 e. The Labute approximate surface area is 151 Å². The topological polar surface area (TPSA) is 78.8 Å². The van der Waals surface area contributed by atoms with Crippen molar-refractivity contribution in [3.63, 3.8) is 0 Å². The first-order chi connectivity index (χ1) is 12.0. The molecular weight excluding hydrogens is 358 g/mol. The summed E-state index contributed by atoms with van der Waals surface area (Å²) < 4.78 is 26.6. The lowest BCUT2D eigenvalue weighted by Crippen LogP contribution is -2.28. The maximum atomic E-state index is 12.6. The second-order valence-corrected chi connectivity index (χ2v) is 8.69.